The Morgan fingerprint density at radius 1 is 1.42 bits per heavy atom. The van der Waals surface area contributed by atoms with E-state index in [4.69, 9.17) is 5.11 Å². The van der Waals surface area contributed by atoms with Gasteiger partial charge in [0.15, 0.2) is 0 Å². The van der Waals surface area contributed by atoms with E-state index in [1.807, 2.05) is 11.7 Å². The first-order valence-corrected chi connectivity index (χ1v) is 7.12. The van der Waals surface area contributed by atoms with E-state index in [9.17, 15) is 0 Å². The zero-order chi connectivity index (χ0) is 14.4. The fraction of sp³-hybridized carbons (Fsp3) is 0.786. The summed E-state index contributed by atoms with van der Waals surface area (Å²) in [5.74, 6) is 1.17. The number of hydrogen-bond donors (Lipinski definition) is 2. The number of anilines is 1. The van der Waals surface area contributed by atoms with Crippen LogP contribution < -0.4 is 10.2 Å². The van der Waals surface area contributed by atoms with Crippen molar-refractivity contribution in [2.45, 2.75) is 46.7 Å². The SMILES string of the molecule is CCN(CCCO)c1c(CNC(C)C)c(C)nn1C. The van der Waals surface area contributed by atoms with Crippen LogP contribution in [0.1, 0.15) is 38.4 Å². The minimum atomic E-state index is 0.229. The van der Waals surface area contributed by atoms with Crippen molar-refractivity contribution in [3.8, 4) is 0 Å². The molecule has 0 saturated heterocycles. The number of aromatic nitrogens is 2. The second-order valence-corrected chi connectivity index (χ2v) is 5.20. The van der Waals surface area contributed by atoms with Crippen molar-refractivity contribution < 1.29 is 5.11 Å². The van der Waals surface area contributed by atoms with E-state index in [1.165, 1.54) is 11.4 Å². The Morgan fingerprint density at radius 2 is 2.11 bits per heavy atom. The monoisotopic (exact) mass is 268 g/mol. The molecule has 0 aliphatic carbocycles. The lowest BCUT2D eigenvalue weighted by atomic mass is 10.2. The van der Waals surface area contributed by atoms with Crippen molar-refractivity contribution in [2.24, 2.45) is 7.05 Å². The van der Waals surface area contributed by atoms with Gasteiger partial charge >= 0.3 is 0 Å². The van der Waals surface area contributed by atoms with E-state index in [2.05, 4.69) is 43.0 Å². The van der Waals surface area contributed by atoms with Gasteiger partial charge in [-0.3, -0.25) is 4.68 Å². The van der Waals surface area contributed by atoms with Gasteiger partial charge in [-0.1, -0.05) is 13.8 Å². The summed E-state index contributed by atoms with van der Waals surface area (Å²) in [6, 6.07) is 0.458. The van der Waals surface area contributed by atoms with Gasteiger partial charge in [0, 0.05) is 44.9 Å². The zero-order valence-electron chi connectivity index (χ0n) is 12.9. The molecule has 110 valence electrons. The van der Waals surface area contributed by atoms with Gasteiger partial charge in [-0.2, -0.15) is 5.10 Å². The van der Waals surface area contributed by atoms with Crippen molar-refractivity contribution >= 4 is 5.82 Å². The summed E-state index contributed by atoms with van der Waals surface area (Å²) in [5, 5.41) is 17.0. The Morgan fingerprint density at radius 3 is 2.63 bits per heavy atom. The molecule has 0 unspecified atom stereocenters. The molecule has 0 saturated carbocycles. The molecule has 0 radical (unpaired) electrons. The average molecular weight is 268 g/mol. The van der Waals surface area contributed by atoms with Crippen LogP contribution in [0.2, 0.25) is 0 Å². The van der Waals surface area contributed by atoms with Crippen LogP contribution in [-0.4, -0.2) is 40.6 Å². The van der Waals surface area contributed by atoms with Gasteiger partial charge in [-0.15, -0.1) is 0 Å². The predicted octanol–water partition coefficient (Wildman–Crippen LogP) is 1.44. The lowest BCUT2D eigenvalue weighted by Gasteiger charge is -2.24. The fourth-order valence-corrected chi connectivity index (χ4v) is 2.27. The molecular weight excluding hydrogens is 240 g/mol. The number of aryl methyl sites for hydroxylation is 2. The van der Waals surface area contributed by atoms with E-state index in [0.717, 1.165) is 31.7 Å². The van der Waals surface area contributed by atoms with Crippen molar-refractivity contribution in [1.82, 2.24) is 15.1 Å². The number of aliphatic hydroxyl groups is 1. The summed E-state index contributed by atoms with van der Waals surface area (Å²) in [6.45, 7) is 11.3. The molecule has 5 heteroatoms. The van der Waals surface area contributed by atoms with Crippen molar-refractivity contribution in [3.05, 3.63) is 11.3 Å². The molecule has 0 aliphatic rings. The van der Waals surface area contributed by atoms with E-state index in [1.54, 1.807) is 0 Å². The second-order valence-electron chi connectivity index (χ2n) is 5.20. The van der Waals surface area contributed by atoms with Crippen LogP contribution >= 0.6 is 0 Å². The highest BCUT2D eigenvalue weighted by atomic mass is 16.3. The van der Waals surface area contributed by atoms with Crippen molar-refractivity contribution in [3.63, 3.8) is 0 Å². The molecule has 1 rings (SSSR count). The number of hydrogen-bond acceptors (Lipinski definition) is 4. The lowest BCUT2D eigenvalue weighted by Crippen LogP contribution is -2.29. The van der Waals surface area contributed by atoms with Gasteiger partial charge in [0.1, 0.15) is 5.82 Å². The predicted molar refractivity (Wildman–Crippen MR) is 79.5 cm³/mol. The summed E-state index contributed by atoms with van der Waals surface area (Å²) in [7, 11) is 1.99. The summed E-state index contributed by atoms with van der Waals surface area (Å²) >= 11 is 0. The van der Waals surface area contributed by atoms with Gasteiger partial charge in [0.2, 0.25) is 0 Å². The van der Waals surface area contributed by atoms with Crippen LogP contribution in [0.25, 0.3) is 0 Å². The average Bonchev–Trinajstić information content (AvgIpc) is 2.63. The molecule has 1 aromatic heterocycles. The Kier molecular flexibility index (Phi) is 6.31. The minimum Gasteiger partial charge on any atom is -0.396 e. The molecule has 0 fully saturated rings. The van der Waals surface area contributed by atoms with Gasteiger partial charge in [0.05, 0.1) is 5.69 Å². The molecule has 19 heavy (non-hydrogen) atoms. The summed E-state index contributed by atoms with van der Waals surface area (Å²) in [5.41, 5.74) is 2.34. The Balaban J connectivity index is 2.95. The third-order valence-electron chi connectivity index (χ3n) is 3.27. The number of nitrogens with zero attached hydrogens (tertiary/aromatic N) is 3. The molecule has 0 aliphatic heterocycles. The van der Waals surface area contributed by atoms with Gasteiger partial charge < -0.3 is 15.3 Å². The van der Waals surface area contributed by atoms with Crippen LogP contribution in [-0.2, 0) is 13.6 Å². The number of aliphatic hydroxyl groups excluding tert-OH is 1. The molecule has 2 N–H and O–H groups in total. The largest absolute Gasteiger partial charge is 0.396 e. The molecule has 0 spiro atoms. The highest BCUT2D eigenvalue weighted by Gasteiger charge is 2.18. The van der Waals surface area contributed by atoms with Gasteiger partial charge in [0.25, 0.3) is 0 Å². The third-order valence-corrected chi connectivity index (χ3v) is 3.27. The molecule has 0 aromatic carbocycles. The first-order valence-electron chi connectivity index (χ1n) is 7.12. The summed E-state index contributed by atoms with van der Waals surface area (Å²) < 4.78 is 1.95. The van der Waals surface area contributed by atoms with Crippen LogP contribution in [0.4, 0.5) is 5.82 Å². The summed E-state index contributed by atoms with van der Waals surface area (Å²) in [6.07, 6.45) is 0.787. The maximum atomic E-state index is 9.02. The highest BCUT2D eigenvalue weighted by molar-refractivity contribution is 5.50. The van der Waals surface area contributed by atoms with E-state index < -0.39 is 0 Å². The van der Waals surface area contributed by atoms with Crippen LogP contribution in [0.15, 0.2) is 0 Å². The molecule has 5 nitrogen and oxygen atoms in total. The maximum Gasteiger partial charge on any atom is 0.131 e. The second kappa shape index (κ2) is 7.50. The number of nitrogens with one attached hydrogen (secondary N) is 1. The van der Waals surface area contributed by atoms with Crippen LogP contribution in [0.5, 0.6) is 0 Å². The Labute approximate surface area is 116 Å². The van der Waals surface area contributed by atoms with Crippen LogP contribution in [0, 0.1) is 6.92 Å². The normalized spacial score (nSPS) is 11.3. The maximum absolute atomic E-state index is 9.02. The third kappa shape index (κ3) is 4.21. The summed E-state index contributed by atoms with van der Waals surface area (Å²) in [4.78, 5) is 2.29. The smallest absolute Gasteiger partial charge is 0.131 e. The molecule has 0 atom stereocenters. The molecule has 0 amide bonds. The highest BCUT2D eigenvalue weighted by Crippen LogP contribution is 2.23. The zero-order valence-corrected chi connectivity index (χ0v) is 12.9. The van der Waals surface area contributed by atoms with Gasteiger partial charge in [-0.05, 0) is 20.3 Å². The van der Waals surface area contributed by atoms with E-state index in [-0.39, 0.29) is 6.61 Å². The van der Waals surface area contributed by atoms with Crippen LogP contribution in [0.3, 0.4) is 0 Å². The van der Waals surface area contributed by atoms with Gasteiger partial charge in [-0.25, -0.2) is 0 Å². The molecule has 1 heterocycles. The quantitative estimate of drug-likeness (QED) is 0.749. The van der Waals surface area contributed by atoms with E-state index >= 15 is 0 Å². The van der Waals surface area contributed by atoms with E-state index in [0.29, 0.717) is 6.04 Å². The topological polar surface area (TPSA) is 53.3 Å². The van der Waals surface area contributed by atoms with Crippen molar-refractivity contribution in [1.29, 1.82) is 0 Å². The molecule has 1 aromatic rings. The Bertz CT molecular complexity index is 387. The number of rotatable bonds is 8. The molecular formula is C14H28N4O. The Hall–Kier alpha value is -1.07. The first-order chi connectivity index (χ1) is 9.01. The minimum absolute atomic E-state index is 0.229. The first kappa shape index (κ1) is 16.0. The standard InChI is InChI=1S/C14H28N4O/c1-6-18(8-7-9-19)14-13(10-15-11(2)3)12(4)16-17(14)5/h11,15,19H,6-10H2,1-5H3. The lowest BCUT2D eigenvalue weighted by molar-refractivity contribution is 0.289. The van der Waals surface area contributed by atoms with Crippen molar-refractivity contribution in [2.75, 3.05) is 24.6 Å². The fourth-order valence-electron chi connectivity index (χ4n) is 2.27. The molecule has 0 bridgehead atoms.